The van der Waals surface area contributed by atoms with Crippen LogP contribution in [0.25, 0.3) is 0 Å². The molecule has 2 rings (SSSR count). The first-order valence-corrected chi connectivity index (χ1v) is 6.36. The Labute approximate surface area is 102 Å². The summed E-state index contributed by atoms with van der Waals surface area (Å²) in [4.78, 5) is 25.4. The van der Waals surface area contributed by atoms with Crippen molar-refractivity contribution in [3.63, 3.8) is 0 Å². The van der Waals surface area contributed by atoms with Crippen molar-refractivity contribution in [3.8, 4) is 6.07 Å². The van der Waals surface area contributed by atoms with Gasteiger partial charge in [-0.2, -0.15) is 5.26 Å². The molecular formula is C13H18N2O2. The van der Waals surface area contributed by atoms with Gasteiger partial charge in [-0.25, -0.2) is 0 Å². The SMILES string of the molecule is CCC(C#N)N1C(=O)CC2(CCCC2)CC1=O. The molecule has 0 aromatic rings. The summed E-state index contributed by atoms with van der Waals surface area (Å²) in [5, 5.41) is 8.97. The van der Waals surface area contributed by atoms with E-state index in [-0.39, 0.29) is 17.2 Å². The van der Waals surface area contributed by atoms with Gasteiger partial charge in [0.25, 0.3) is 0 Å². The molecule has 2 aliphatic rings. The third-order valence-electron chi connectivity index (χ3n) is 4.10. The standard InChI is InChI=1S/C13H18N2O2/c1-2-10(9-14)15-11(16)7-13(8-12(15)17)5-3-4-6-13/h10H,2-8H2,1H3. The van der Waals surface area contributed by atoms with Gasteiger partial charge in [0, 0.05) is 12.8 Å². The Hall–Kier alpha value is -1.37. The normalized spacial score (nSPS) is 25.1. The number of imide groups is 1. The Bertz CT molecular complexity index is 357. The van der Waals surface area contributed by atoms with Crippen molar-refractivity contribution in [2.24, 2.45) is 5.41 Å². The lowest BCUT2D eigenvalue weighted by atomic mass is 9.76. The van der Waals surface area contributed by atoms with Gasteiger partial charge < -0.3 is 0 Å². The number of amides is 2. The summed E-state index contributed by atoms with van der Waals surface area (Å²) in [6.07, 6.45) is 5.64. The minimum Gasteiger partial charge on any atom is -0.274 e. The summed E-state index contributed by atoms with van der Waals surface area (Å²) in [6, 6.07) is 1.47. The molecule has 17 heavy (non-hydrogen) atoms. The van der Waals surface area contributed by atoms with E-state index in [9.17, 15) is 9.59 Å². The number of hydrogen-bond donors (Lipinski definition) is 0. The van der Waals surface area contributed by atoms with Crippen LogP contribution in [-0.4, -0.2) is 22.8 Å². The molecule has 4 nitrogen and oxygen atoms in total. The van der Waals surface area contributed by atoms with Crippen molar-refractivity contribution in [2.45, 2.75) is 57.9 Å². The fraction of sp³-hybridized carbons (Fsp3) is 0.769. The van der Waals surface area contributed by atoms with Gasteiger partial charge in [-0.15, -0.1) is 0 Å². The molecule has 1 aliphatic carbocycles. The molecule has 4 heteroatoms. The van der Waals surface area contributed by atoms with Crippen LogP contribution in [0.1, 0.15) is 51.9 Å². The molecule has 0 N–H and O–H groups in total. The van der Waals surface area contributed by atoms with Gasteiger partial charge in [0.2, 0.25) is 11.8 Å². The maximum Gasteiger partial charge on any atom is 0.230 e. The predicted molar refractivity (Wildman–Crippen MR) is 61.7 cm³/mol. The van der Waals surface area contributed by atoms with Gasteiger partial charge in [0.15, 0.2) is 0 Å². The Morgan fingerprint density at radius 1 is 1.29 bits per heavy atom. The van der Waals surface area contributed by atoms with Crippen LogP contribution in [0.2, 0.25) is 0 Å². The van der Waals surface area contributed by atoms with E-state index in [1.165, 1.54) is 4.90 Å². The van der Waals surface area contributed by atoms with Gasteiger partial charge in [-0.3, -0.25) is 14.5 Å². The van der Waals surface area contributed by atoms with Crippen molar-refractivity contribution in [2.75, 3.05) is 0 Å². The van der Waals surface area contributed by atoms with Crippen molar-refractivity contribution >= 4 is 11.8 Å². The monoisotopic (exact) mass is 234 g/mol. The first-order valence-electron chi connectivity index (χ1n) is 6.36. The van der Waals surface area contributed by atoms with Crippen LogP contribution in [0.5, 0.6) is 0 Å². The van der Waals surface area contributed by atoms with Crippen LogP contribution in [0.15, 0.2) is 0 Å². The quantitative estimate of drug-likeness (QED) is 0.686. The van der Waals surface area contributed by atoms with Crippen LogP contribution in [0.3, 0.4) is 0 Å². The lowest BCUT2D eigenvalue weighted by Gasteiger charge is -2.38. The smallest absolute Gasteiger partial charge is 0.230 e. The molecule has 1 saturated heterocycles. The maximum absolute atomic E-state index is 12.1. The van der Waals surface area contributed by atoms with Gasteiger partial charge in [-0.05, 0) is 24.7 Å². The first kappa shape index (κ1) is 12.1. The second-order valence-corrected chi connectivity index (χ2v) is 5.27. The molecule has 2 amide bonds. The van der Waals surface area contributed by atoms with Crippen molar-refractivity contribution in [1.82, 2.24) is 4.90 Å². The minimum atomic E-state index is -0.575. The van der Waals surface area contributed by atoms with E-state index in [1.54, 1.807) is 0 Å². The molecule has 2 fully saturated rings. The number of nitrogens with zero attached hydrogens (tertiary/aromatic N) is 2. The van der Waals surface area contributed by atoms with Crippen molar-refractivity contribution in [1.29, 1.82) is 5.26 Å². The van der Waals surface area contributed by atoms with E-state index >= 15 is 0 Å². The number of carbonyl (C=O) groups is 2. The molecule has 0 aromatic heterocycles. The minimum absolute atomic E-state index is 0.0710. The van der Waals surface area contributed by atoms with Gasteiger partial charge >= 0.3 is 0 Å². The molecule has 92 valence electrons. The Morgan fingerprint density at radius 3 is 2.24 bits per heavy atom. The lowest BCUT2D eigenvalue weighted by molar-refractivity contribution is -0.155. The molecular weight excluding hydrogens is 216 g/mol. The number of nitriles is 1. The topological polar surface area (TPSA) is 61.2 Å². The van der Waals surface area contributed by atoms with Crippen molar-refractivity contribution in [3.05, 3.63) is 0 Å². The highest BCUT2D eigenvalue weighted by atomic mass is 16.2. The summed E-state index contributed by atoms with van der Waals surface area (Å²) >= 11 is 0. The molecule has 1 unspecified atom stereocenters. The summed E-state index contributed by atoms with van der Waals surface area (Å²) in [5.41, 5.74) is -0.0710. The largest absolute Gasteiger partial charge is 0.274 e. The Morgan fingerprint density at radius 2 is 1.82 bits per heavy atom. The van der Waals surface area contributed by atoms with Crippen LogP contribution < -0.4 is 0 Å². The summed E-state index contributed by atoms with van der Waals surface area (Å²) < 4.78 is 0. The van der Waals surface area contributed by atoms with Crippen molar-refractivity contribution < 1.29 is 9.59 Å². The molecule has 1 saturated carbocycles. The highest BCUT2D eigenvalue weighted by Crippen LogP contribution is 2.47. The number of hydrogen-bond acceptors (Lipinski definition) is 3. The molecule has 0 aromatic carbocycles. The van der Waals surface area contributed by atoms with E-state index in [1.807, 2.05) is 13.0 Å². The van der Waals surface area contributed by atoms with Crippen LogP contribution >= 0.6 is 0 Å². The fourth-order valence-corrected chi connectivity index (χ4v) is 3.17. The zero-order valence-corrected chi connectivity index (χ0v) is 10.2. The number of rotatable bonds is 2. The number of piperidine rings is 1. The fourth-order valence-electron chi connectivity index (χ4n) is 3.17. The second kappa shape index (κ2) is 4.48. The predicted octanol–water partition coefficient (Wildman–Crippen LogP) is 2.00. The average molecular weight is 234 g/mol. The van der Waals surface area contributed by atoms with E-state index < -0.39 is 6.04 Å². The van der Waals surface area contributed by atoms with Gasteiger partial charge in [0.1, 0.15) is 6.04 Å². The van der Waals surface area contributed by atoms with E-state index in [0.29, 0.717) is 19.3 Å². The zero-order chi connectivity index (χ0) is 12.5. The highest BCUT2D eigenvalue weighted by Gasteiger charge is 2.46. The molecule has 0 radical (unpaired) electrons. The maximum atomic E-state index is 12.1. The van der Waals surface area contributed by atoms with Crippen LogP contribution in [0.4, 0.5) is 0 Å². The Kier molecular flexibility index (Phi) is 3.19. The molecule has 1 aliphatic heterocycles. The zero-order valence-electron chi connectivity index (χ0n) is 10.2. The first-order chi connectivity index (χ1) is 8.12. The average Bonchev–Trinajstić information content (AvgIpc) is 2.71. The second-order valence-electron chi connectivity index (χ2n) is 5.27. The van der Waals surface area contributed by atoms with Crippen LogP contribution in [-0.2, 0) is 9.59 Å². The van der Waals surface area contributed by atoms with Crippen LogP contribution in [0, 0.1) is 16.7 Å². The summed E-state index contributed by atoms with van der Waals surface area (Å²) in [5.74, 6) is -0.284. The lowest BCUT2D eigenvalue weighted by Crippen LogP contribution is -2.51. The third kappa shape index (κ3) is 2.06. The number of likely N-dealkylation sites (tertiary alicyclic amines) is 1. The summed E-state index contributed by atoms with van der Waals surface area (Å²) in [7, 11) is 0. The summed E-state index contributed by atoms with van der Waals surface area (Å²) in [6.45, 7) is 1.83. The molecule has 0 bridgehead atoms. The molecule has 1 spiro atoms. The Balaban J connectivity index is 2.17. The van der Waals surface area contributed by atoms with E-state index in [2.05, 4.69) is 0 Å². The van der Waals surface area contributed by atoms with Gasteiger partial charge in [-0.1, -0.05) is 19.8 Å². The molecule has 1 atom stereocenters. The third-order valence-corrected chi connectivity index (χ3v) is 4.10. The van der Waals surface area contributed by atoms with E-state index in [0.717, 1.165) is 25.7 Å². The molecule has 1 heterocycles. The van der Waals surface area contributed by atoms with Gasteiger partial charge in [0.05, 0.1) is 6.07 Å². The number of carbonyl (C=O) groups excluding carboxylic acids is 2. The highest BCUT2D eigenvalue weighted by molar-refractivity contribution is 5.99. The van der Waals surface area contributed by atoms with E-state index in [4.69, 9.17) is 5.26 Å².